The topological polar surface area (TPSA) is 79.9 Å². The molecule has 3 rings (SSSR count). The zero-order chi connectivity index (χ0) is 21.9. The Morgan fingerprint density at radius 1 is 1.13 bits per heavy atom. The van der Waals surface area contributed by atoms with Crippen LogP contribution in [-0.4, -0.2) is 22.1 Å². The van der Waals surface area contributed by atoms with Crippen LogP contribution in [0.5, 0.6) is 5.75 Å². The van der Waals surface area contributed by atoms with E-state index in [-0.39, 0.29) is 18.1 Å². The van der Waals surface area contributed by atoms with E-state index in [1.54, 1.807) is 38.2 Å². The molecular formula is C21H17F3N4O2. The Balaban J connectivity index is 1.66. The van der Waals surface area contributed by atoms with Gasteiger partial charge in [0.1, 0.15) is 23.2 Å². The molecule has 6 nitrogen and oxygen atoms in total. The second-order valence-corrected chi connectivity index (χ2v) is 6.54. The van der Waals surface area contributed by atoms with Gasteiger partial charge in [0.2, 0.25) is 5.91 Å². The van der Waals surface area contributed by atoms with Crippen molar-refractivity contribution in [3.63, 3.8) is 0 Å². The number of rotatable bonds is 5. The molecular weight excluding hydrogens is 397 g/mol. The Bertz CT molecular complexity index is 1100. The summed E-state index contributed by atoms with van der Waals surface area (Å²) in [4.78, 5) is 12.4. The van der Waals surface area contributed by atoms with Gasteiger partial charge in [-0.25, -0.2) is 0 Å². The van der Waals surface area contributed by atoms with Crippen LogP contribution in [0.25, 0.3) is 11.1 Å². The monoisotopic (exact) mass is 414 g/mol. The molecule has 0 radical (unpaired) electrons. The molecule has 0 aliphatic carbocycles. The molecule has 1 amide bonds. The second kappa shape index (κ2) is 8.29. The van der Waals surface area contributed by atoms with Gasteiger partial charge in [0.05, 0.1) is 12.1 Å². The molecule has 0 unspecified atom stereocenters. The molecule has 0 atom stereocenters. The number of nitrogens with zero attached hydrogens (tertiary/aromatic N) is 3. The first-order chi connectivity index (χ1) is 14.2. The summed E-state index contributed by atoms with van der Waals surface area (Å²) in [5.74, 6) is -0.240. The molecule has 3 aromatic rings. The maximum atomic E-state index is 12.4. The number of hydrogen-bond donors (Lipinski definition) is 1. The van der Waals surface area contributed by atoms with Crippen molar-refractivity contribution in [2.24, 2.45) is 7.05 Å². The maximum Gasteiger partial charge on any atom is 0.573 e. The quantitative estimate of drug-likeness (QED) is 0.673. The summed E-state index contributed by atoms with van der Waals surface area (Å²) in [6.07, 6.45) is -4.64. The molecule has 0 spiro atoms. The summed E-state index contributed by atoms with van der Waals surface area (Å²) in [6.45, 7) is 1.69. The van der Waals surface area contributed by atoms with Crippen LogP contribution in [0, 0.1) is 18.3 Å². The minimum atomic E-state index is -4.73. The third kappa shape index (κ3) is 4.97. The number of hydrogen-bond acceptors (Lipinski definition) is 4. The van der Waals surface area contributed by atoms with Crippen molar-refractivity contribution < 1.29 is 22.7 Å². The molecule has 0 fully saturated rings. The number of nitrogens with one attached hydrogen (secondary N) is 1. The highest BCUT2D eigenvalue weighted by molar-refractivity contribution is 5.92. The third-order valence-electron chi connectivity index (χ3n) is 4.33. The van der Waals surface area contributed by atoms with Gasteiger partial charge >= 0.3 is 6.36 Å². The SMILES string of the molecule is Cc1nn(C)c(NC(=O)Cc2ccc(-c3ccc(OC(F)(F)F)cc3)cc2)c1C#N. The Labute approximate surface area is 170 Å². The van der Waals surface area contributed by atoms with Gasteiger partial charge in [-0.3, -0.25) is 9.48 Å². The van der Waals surface area contributed by atoms with E-state index in [0.29, 0.717) is 22.6 Å². The summed E-state index contributed by atoms with van der Waals surface area (Å²) in [5.41, 5.74) is 3.09. The summed E-state index contributed by atoms with van der Waals surface area (Å²) >= 11 is 0. The molecule has 30 heavy (non-hydrogen) atoms. The number of nitriles is 1. The number of anilines is 1. The molecule has 0 aliphatic heterocycles. The largest absolute Gasteiger partial charge is 0.573 e. The Kier molecular flexibility index (Phi) is 5.78. The van der Waals surface area contributed by atoms with Gasteiger partial charge in [-0.05, 0) is 35.7 Å². The summed E-state index contributed by atoms with van der Waals surface area (Å²) in [6, 6.07) is 14.6. The van der Waals surface area contributed by atoms with Gasteiger partial charge in [0, 0.05) is 7.05 Å². The van der Waals surface area contributed by atoms with Gasteiger partial charge in [0.15, 0.2) is 0 Å². The predicted octanol–water partition coefficient (Wildman–Crippen LogP) is 4.35. The van der Waals surface area contributed by atoms with Crippen LogP contribution in [0.1, 0.15) is 16.8 Å². The summed E-state index contributed by atoms with van der Waals surface area (Å²) < 4.78 is 42.0. The van der Waals surface area contributed by atoms with Gasteiger partial charge in [-0.2, -0.15) is 10.4 Å². The molecule has 1 heterocycles. The second-order valence-electron chi connectivity index (χ2n) is 6.54. The fourth-order valence-electron chi connectivity index (χ4n) is 2.96. The number of amides is 1. The van der Waals surface area contributed by atoms with E-state index < -0.39 is 6.36 Å². The fourth-order valence-corrected chi connectivity index (χ4v) is 2.96. The van der Waals surface area contributed by atoms with Crippen LogP contribution < -0.4 is 10.1 Å². The molecule has 0 saturated heterocycles. The van der Waals surface area contributed by atoms with Crippen molar-refractivity contribution in [1.82, 2.24) is 9.78 Å². The molecule has 2 aromatic carbocycles. The van der Waals surface area contributed by atoms with Crippen molar-refractivity contribution in [2.75, 3.05) is 5.32 Å². The van der Waals surface area contributed by atoms with Crippen molar-refractivity contribution in [1.29, 1.82) is 5.26 Å². The predicted molar refractivity (Wildman–Crippen MR) is 104 cm³/mol. The van der Waals surface area contributed by atoms with Crippen molar-refractivity contribution in [3.8, 4) is 22.9 Å². The molecule has 0 bridgehead atoms. The van der Waals surface area contributed by atoms with Gasteiger partial charge in [0.25, 0.3) is 0 Å². The first-order valence-corrected chi connectivity index (χ1v) is 8.85. The molecule has 1 aromatic heterocycles. The van der Waals surface area contributed by atoms with E-state index in [2.05, 4.69) is 15.2 Å². The van der Waals surface area contributed by atoms with Gasteiger partial charge in [-0.1, -0.05) is 36.4 Å². The molecule has 1 N–H and O–H groups in total. The van der Waals surface area contributed by atoms with Crippen molar-refractivity contribution in [2.45, 2.75) is 19.7 Å². The number of ether oxygens (including phenoxy) is 1. The maximum absolute atomic E-state index is 12.4. The minimum Gasteiger partial charge on any atom is -0.406 e. The highest BCUT2D eigenvalue weighted by Gasteiger charge is 2.30. The number of halogens is 3. The number of aromatic nitrogens is 2. The number of alkyl halides is 3. The number of carbonyl (C=O) groups excluding carboxylic acids is 1. The fraction of sp³-hybridized carbons (Fsp3) is 0.190. The lowest BCUT2D eigenvalue weighted by atomic mass is 10.0. The lowest BCUT2D eigenvalue weighted by Gasteiger charge is -2.10. The smallest absolute Gasteiger partial charge is 0.406 e. The zero-order valence-corrected chi connectivity index (χ0v) is 16.1. The van der Waals surface area contributed by atoms with Crippen LogP contribution in [0.2, 0.25) is 0 Å². The number of carbonyl (C=O) groups is 1. The van der Waals surface area contributed by atoms with Crippen LogP contribution in [-0.2, 0) is 18.3 Å². The van der Waals surface area contributed by atoms with Gasteiger partial charge in [-0.15, -0.1) is 13.2 Å². The van der Waals surface area contributed by atoms with Gasteiger partial charge < -0.3 is 10.1 Å². The van der Waals surface area contributed by atoms with E-state index in [0.717, 1.165) is 11.1 Å². The van der Waals surface area contributed by atoms with Crippen molar-refractivity contribution in [3.05, 3.63) is 65.4 Å². The Hall–Kier alpha value is -3.80. The van der Waals surface area contributed by atoms with Crippen LogP contribution in [0.15, 0.2) is 48.5 Å². The Morgan fingerprint density at radius 3 is 2.23 bits per heavy atom. The highest BCUT2D eigenvalue weighted by atomic mass is 19.4. The van der Waals surface area contributed by atoms with E-state index in [1.165, 1.54) is 28.9 Å². The van der Waals surface area contributed by atoms with Crippen molar-refractivity contribution >= 4 is 11.7 Å². The molecule has 9 heteroatoms. The normalized spacial score (nSPS) is 11.1. The molecule has 154 valence electrons. The summed E-state index contributed by atoms with van der Waals surface area (Å²) in [5, 5.41) is 16.0. The van der Waals surface area contributed by atoms with Crippen LogP contribution >= 0.6 is 0 Å². The lowest BCUT2D eigenvalue weighted by molar-refractivity contribution is -0.274. The van der Waals surface area contributed by atoms with E-state index in [4.69, 9.17) is 0 Å². The Morgan fingerprint density at radius 2 is 1.70 bits per heavy atom. The molecule has 0 aliphatic rings. The zero-order valence-electron chi connectivity index (χ0n) is 16.1. The van der Waals surface area contributed by atoms with Crippen LogP contribution in [0.4, 0.5) is 19.0 Å². The first-order valence-electron chi connectivity index (χ1n) is 8.85. The third-order valence-corrected chi connectivity index (χ3v) is 4.33. The number of benzene rings is 2. The molecule has 0 saturated carbocycles. The van der Waals surface area contributed by atoms with E-state index >= 15 is 0 Å². The average molecular weight is 414 g/mol. The van der Waals surface area contributed by atoms with E-state index in [9.17, 15) is 23.2 Å². The lowest BCUT2D eigenvalue weighted by Crippen LogP contribution is -2.17. The highest BCUT2D eigenvalue weighted by Crippen LogP contribution is 2.27. The van der Waals surface area contributed by atoms with Crippen LogP contribution in [0.3, 0.4) is 0 Å². The van der Waals surface area contributed by atoms with E-state index in [1.807, 2.05) is 6.07 Å². The minimum absolute atomic E-state index is 0.0910. The summed E-state index contributed by atoms with van der Waals surface area (Å²) in [7, 11) is 1.64. The average Bonchev–Trinajstić information content (AvgIpc) is 2.94. The number of aryl methyl sites for hydroxylation is 2. The standard InChI is InChI=1S/C21H17F3N4O2/c1-13-18(12-25)20(28(2)27-13)26-19(29)11-14-3-5-15(6-4-14)16-7-9-17(10-8-16)30-21(22,23)24/h3-10H,11H2,1-2H3,(H,26,29). The first kappa shape index (κ1) is 20.9.